The molecule has 208 valence electrons. The van der Waals surface area contributed by atoms with Crippen molar-refractivity contribution in [3.63, 3.8) is 0 Å². The highest BCUT2D eigenvalue weighted by molar-refractivity contribution is 5.86. The number of carbonyl (C=O) groups excluding carboxylic acids is 1. The summed E-state index contributed by atoms with van der Waals surface area (Å²) in [6.45, 7) is 5.64. The van der Waals surface area contributed by atoms with Gasteiger partial charge in [-0.05, 0) is 79.1 Å². The van der Waals surface area contributed by atoms with Crippen LogP contribution in [-0.2, 0) is 17.8 Å². The molecule has 0 spiro atoms. The van der Waals surface area contributed by atoms with Gasteiger partial charge in [0.25, 0.3) is 0 Å². The minimum Gasteiger partial charge on any atom is -0.489 e. The third-order valence-corrected chi connectivity index (χ3v) is 9.33. The maximum atomic E-state index is 13.1. The number of aryl methyl sites for hydroxylation is 2. The molecule has 2 atom stereocenters. The van der Waals surface area contributed by atoms with Crippen LogP contribution in [0, 0.1) is 19.8 Å². The summed E-state index contributed by atoms with van der Waals surface area (Å²) in [5, 5.41) is 14.2. The summed E-state index contributed by atoms with van der Waals surface area (Å²) in [6.07, 6.45) is 5.24. The molecule has 6 rings (SSSR count). The van der Waals surface area contributed by atoms with Crippen LogP contribution >= 0.6 is 0 Å². The molecule has 6 nitrogen and oxygen atoms in total. The number of piperidine rings is 1. The van der Waals surface area contributed by atoms with E-state index in [0.29, 0.717) is 49.4 Å². The van der Waals surface area contributed by atoms with E-state index in [0.717, 1.165) is 42.2 Å². The van der Waals surface area contributed by atoms with Crippen molar-refractivity contribution in [3.8, 4) is 5.75 Å². The van der Waals surface area contributed by atoms with E-state index in [1.54, 1.807) is 6.07 Å². The molecule has 1 amide bonds. The molecule has 1 aliphatic heterocycles. The van der Waals surface area contributed by atoms with Gasteiger partial charge < -0.3 is 19.2 Å². The Balaban J connectivity index is 1.13. The fourth-order valence-corrected chi connectivity index (χ4v) is 6.73. The van der Waals surface area contributed by atoms with Crippen molar-refractivity contribution in [1.82, 2.24) is 4.90 Å². The Labute approximate surface area is 234 Å². The summed E-state index contributed by atoms with van der Waals surface area (Å²) in [5.74, 6) is 0.838. The quantitative estimate of drug-likeness (QED) is 0.294. The number of likely N-dealkylation sites (tertiary alicyclic amines) is 1. The van der Waals surface area contributed by atoms with Gasteiger partial charge in [-0.15, -0.1) is 0 Å². The molecule has 1 saturated heterocycles. The SMILES string of the molecule is Cc1c(COc2ccc3c(C)c(CCC(=O)N4CC[C@@]5(O)CCCC[C@H]5C4)c(=O)oc3c2)ccc2ccccc12. The number of hydrogen-bond donors (Lipinski definition) is 1. The van der Waals surface area contributed by atoms with Crippen molar-refractivity contribution in [3.05, 3.63) is 87.3 Å². The Bertz CT molecular complexity index is 1640. The summed E-state index contributed by atoms with van der Waals surface area (Å²) in [7, 11) is 0. The lowest BCUT2D eigenvalue weighted by molar-refractivity contribution is -0.143. The van der Waals surface area contributed by atoms with Crippen LogP contribution < -0.4 is 10.4 Å². The maximum absolute atomic E-state index is 13.1. The van der Waals surface area contributed by atoms with E-state index in [4.69, 9.17) is 9.15 Å². The normalized spacial score (nSPS) is 21.0. The first-order valence-electron chi connectivity index (χ1n) is 14.5. The lowest BCUT2D eigenvalue weighted by atomic mass is 9.71. The summed E-state index contributed by atoms with van der Waals surface area (Å²) >= 11 is 0. The number of nitrogens with zero attached hydrogens (tertiary/aromatic N) is 1. The Kier molecular flexibility index (Phi) is 7.13. The molecule has 1 aliphatic carbocycles. The number of rotatable bonds is 6. The summed E-state index contributed by atoms with van der Waals surface area (Å²) < 4.78 is 11.8. The highest BCUT2D eigenvalue weighted by Gasteiger charge is 2.43. The number of amides is 1. The van der Waals surface area contributed by atoms with Crippen molar-refractivity contribution in [2.45, 2.75) is 71.0 Å². The third-order valence-electron chi connectivity index (χ3n) is 9.33. The number of ether oxygens (including phenoxy) is 1. The topological polar surface area (TPSA) is 80.0 Å². The van der Waals surface area contributed by atoms with Crippen molar-refractivity contribution >= 4 is 27.6 Å². The molecule has 4 aromatic rings. The molecule has 2 heterocycles. The number of fused-ring (bicyclic) bond motifs is 3. The van der Waals surface area contributed by atoms with Crippen LogP contribution in [0.3, 0.4) is 0 Å². The molecule has 2 fully saturated rings. The average Bonchev–Trinajstić information content (AvgIpc) is 2.96. The molecule has 1 saturated carbocycles. The molecule has 1 N–H and O–H groups in total. The predicted octanol–water partition coefficient (Wildman–Crippen LogP) is 6.23. The van der Waals surface area contributed by atoms with Crippen LogP contribution in [0.1, 0.15) is 60.8 Å². The molecular formula is C34H37NO5. The van der Waals surface area contributed by atoms with Gasteiger partial charge in [0.15, 0.2) is 0 Å². The maximum Gasteiger partial charge on any atom is 0.339 e. The van der Waals surface area contributed by atoms with Crippen molar-refractivity contribution in [2.75, 3.05) is 13.1 Å². The Hall–Kier alpha value is -3.64. The standard InChI is InChI=1S/C34H37NO5/c1-22-25(11-10-24-7-3-4-9-28(22)24)21-39-27-12-13-29-23(2)30(33(37)40-31(29)19-27)14-15-32(36)35-18-17-34(38)16-6-5-8-26(34)20-35/h3-4,7,9-13,19,26,38H,5-6,8,14-18,20-21H2,1-2H3/t26-,34-/m0/s1. The van der Waals surface area contributed by atoms with E-state index in [-0.39, 0.29) is 18.2 Å². The summed E-state index contributed by atoms with van der Waals surface area (Å²) in [4.78, 5) is 27.9. The molecule has 6 heteroatoms. The van der Waals surface area contributed by atoms with E-state index >= 15 is 0 Å². The highest BCUT2D eigenvalue weighted by Crippen LogP contribution is 2.40. The lowest BCUT2D eigenvalue weighted by Crippen LogP contribution is -2.54. The van der Waals surface area contributed by atoms with Crippen LogP contribution in [0.5, 0.6) is 5.75 Å². The number of hydrogen-bond acceptors (Lipinski definition) is 5. The van der Waals surface area contributed by atoms with Gasteiger partial charge in [0.1, 0.15) is 17.9 Å². The largest absolute Gasteiger partial charge is 0.489 e. The predicted molar refractivity (Wildman–Crippen MR) is 157 cm³/mol. The smallest absolute Gasteiger partial charge is 0.339 e. The molecule has 3 aromatic carbocycles. The van der Waals surface area contributed by atoms with Gasteiger partial charge in [0.2, 0.25) is 5.91 Å². The zero-order valence-corrected chi connectivity index (χ0v) is 23.4. The fourth-order valence-electron chi connectivity index (χ4n) is 6.73. The van der Waals surface area contributed by atoms with Crippen LogP contribution in [0.25, 0.3) is 21.7 Å². The van der Waals surface area contributed by atoms with Crippen molar-refractivity contribution < 1.29 is 19.1 Å². The number of carbonyl (C=O) groups is 1. The van der Waals surface area contributed by atoms with Crippen LogP contribution in [0.4, 0.5) is 0 Å². The van der Waals surface area contributed by atoms with Crippen LogP contribution in [0.2, 0.25) is 0 Å². The third kappa shape index (κ3) is 5.01. The zero-order valence-electron chi connectivity index (χ0n) is 23.4. The minimum atomic E-state index is -0.609. The van der Waals surface area contributed by atoms with Crippen LogP contribution in [-0.4, -0.2) is 34.6 Å². The Morgan fingerprint density at radius 1 is 1.05 bits per heavy atom. The second-order valence-corrected chi connectivity index (χ2v) is 11.6. The number of aliphatic hydroxyl groups is 1. The average molecular weight is 540 g/mol. The Morgan fingerprint density at radius 2 is 1.90 bits per heavy atom. The molecular weight excluding hydrogens is 502 g/mol. The van der Waals surface area contributed by atoms with Gasteiger partial charge in [-0.3, -0.25) is 4.79 Å². The second-order valence-electron chi connectivity index (χ2n) is 11.6. The molecule has 1 aromatic heterocycles. The molecule has 0 bridgehead atoms. The molecule has 0 radical (unpaired) electrons. The minimum absolute atomic E-state index is 0.0410. The molecule has 40 heavy (non-hydrogen) atoms. The van der Waals surface area contributed by atoms with Gasteiger partial charge in [-0.2, -0.15) is 0 Å². The van der Waals surface area contributed by atoms with E-state index in [2.05, 4.69) is 31.2 Å². The first-order valence-corrected chi connectivity index (χ1v) is 14.5. The van der Waals surface area contributed by atoms with E-state index < -0.39 is 11.2 Å². The fraction of sp³-hybridized carbons (Fsp3) is 0.412. The zero-order chi connectivity index (χ0) is 27.9. The first-order chi connectivity index (χ1) is 19.3. The summed E-state index contributed by atoms with van der Waals surface area (Å²) in [5.41, 5.74) is 3.17. The number of benzene rings is 3. The van der Waals surface area contributed by atoms with Crippen LogP contribution in [0.15, 0.2) is 63.8 Å². The van der Waals surface area contributed by atoms with Gasteiger partial charge in [0.05, 0.1) is 5.60 Å². The monoisotopic (exact) mass is 539 g/mol. The highest BCUT2D eigenvalue weighted by atomic mass is 16.5. The summed E-state index contributed by atoms with van der Waals surface area (Å²) in [6, 6.07) is 18.1. The van der Waals surface area contributed by atoms with Gasteiger partial charge in [-0.25, -0.2) is 4.79 Å². The van der Waals surface area contributed by atoms with E-state index in [9.17, 15) is 14.7 Å². The van der Waals surface area contributed by atoms with Gasteiger partial charge in [0, 0.05) is 42.4 Å². The van der Waals surface area contributed by atoms with Crippen molar-refractivity contribution in [1.29, 1.82) is 0 Å². The molecule has 2 aliphatic rings. The Morgan fingerprint density at radius 3 is 2.77 bits per heavy atom. The van der Waals surface area contributed by atoms with Crippen molar-refractivity contribution in [2.24, 2.45) is 5.92 Å². The first kappa shape index (κ1) is 26.6. The molecule has 0 unspecified atom stereocenters. The van der Waals surface area contributed by atoms with E-state index in [1.807, 2.05) is 36.1 Å². The van der Waals surface area contributed by atoms with Gasteiger partial charge in [-0.1, -0.05) is 49.2 Å². The van der Waals surface area contributed by atoms with E-state index in [1.165, 1.54) is 16.3 Å². The second kappa shape index (κ2) is 10.7. The van der Waals surface area contributed by atoms with Gasteiger partial charge >= 0.3 is 5.63 Å². The lowest BCUT2D eigenvalue weighted by Gasteiger charge is -2.47.